The number of thioether (sulfide) groups is 1. The second-order valence-corrected chi connectivity index (χ2v) is 7.55. The second kappa shape index (κ2) is 7.92. The Morgan fingerprint density at radius 1 is 0.815 bits per heavy atom. The zero-order valence-corrected chi connectivity index (χ0v) is 16.3. The van der Waals surface area contributed by atoms with Crippen LogP contribution in [0.5, 0.6) is 0 Å². The van der Waals surface area contributed by atoms with Crippen LogP contribution in [0.4, 0.5) is 17.2 Å². The van der Waals surface area contributed by atoms with Gasteiger partial charge < -0.3 is 15.5 Å². The first-order chi connectivity index (χ1) is 13.2. The Morgan fingerprint density at radius 2 is 1.41 bits per heavy atom. The van der Waals surface area contributed by atoms with E-state index in [2.05, 4.69) is 81.7 Å². The number of pyridine rings is 1. The fourth-order valence-corrected chi connectivity index (χ4v) is 3.96. The predicted octanol–water partition coefficient (Wildman–Crippen LogP) is 4.38. The van der Waals surface area contributed by atoms with Gasteiger partial charge in [0.2, 0.25) is 0 Å². The molecule has 1 aliphatic rings. The summed E-state index contributed by atoms with van der Waals surface area (Å²) in [5, 5.41) is 0. The summed E-state index contributed by atoms with van der Waals surface area (Å²) in [7, 11) is 0. The third-order valence-corrected chi connectivity index (χ3v) is 5.69. The zero-order chi connectivity index (χ0) is 18.6. The highest BCUT2D eigenvalue weighted by atomic mass is 32.2. The average molecular weight is 377 g/mol. The van der Waals surface area contributed by atoms with Crippen molar-refractivity contribution in [3.8, 4) is 11.3 Å². The minimum Gasteiger partial charge on any atom is -0.384 e. The van der Waals surface area contributed by atoms with Crippen LogP contribution in [-0.2, 0) is 0 Å². The van der Waals surface area contributed by atoms with Gasteiger partial charge in [-0.2, -0.15) is 0 Å². The van der Waals surface area contributed by atoms with Crippen LogP contribution in [0.2, 0.25) is 0 Å². The first-order valence-corrected chi connectivity index (χ1v) is 10.4. The van der Waals surface area contributed by atoms with Crippen molar-refractivity contribution < 1.29 is 0 Å². The van der Waals surface area contributed by atoms with Crippen molar-refractivity contribution >= 4 is 29.0 Å². The Kier molecular flexibility index (Phi) is 5.21. The number of nitrogen functional groups attached to an aromatic ring is 1. The molecule has 2 N–H and O–H groups in total. The molecule has 4 nitrogen and oxygen atoms in total. The molecule has 0 atom stereocenters. The van der Waals surface area contributed by atoms with E-state index < -0.39 is 0 Å². The van der Waals surface area contributed by atoms with E-state index in [0.29, 0.717) is 5.82 Å². The lowest BCUT2D eigenvalue weighted by atomic mass is 10.1. The summed E-state index contributed by atoms with van der Waals surface area (Å²) in [4.78, 5) is 10.5. The molecule has 0 spiro atoms. The number of hydrogen-bond donors (Lipinski definition) is 1. The van der Waals surface area contributed by atoms with Gasteiger partial charge in [-0.15, -0.1) is 11.8 Å². The normalized spacial score (nSPS) is 14.4. The topological polar surface area (TPSA) is 45.4 Å². The van der Waals surface area contributed by atoms with Crippen molar-refractivity contribution in [1.29, 1.82) is 0 Å². The quantitative estimate of drug-likeness (QED) is 0.685. The molecule has 2 aromatic carbocycles. The van der Waals surface area contributed by atoms with E-state index >= 15 is 0 Å². The number of aromatic nitrogens is 1. The molecule has 0 unspecified atom stereocenters. The lowest BCUT2D eigenvalue weighted by molar-refractivity contribution is 0.653. The average Bonchev–Trinajstić information content (AvgIpc) is 2.74. The van der Waals surface area contributed by atoms with Gasteiger partial charge in [-0.1, -0.05) is 30.3 Å². The summed E-state index contributed by atoms with van der Waals surface area (Å²) in [6.07, 6.45) is 2.05. The van der Waals surface area contributed by atoms with Gasteiger partial charge in [0.05, 0.1) is 5.69 Å². The van der Waals surface area contributed by atoms with Crippen molar-refractivity contribution in [3.05, 3.63) is 66.7 Å². The number of rotatable bonds is 4. The highest BCUT2D eigenvalue weighted by Gasteiger charge is 2.17. The van der Waals surface area contributed by atoms with Gasteiger partial charge in [0.1, 0.15) is 5.82 Å². The van der Waals surface area contributed by atoms with Gasteiger partial charge in [0.25, 0.3) is 0 Å². The Morgan fingerprint density at radius 3 is 2.00 bits per heavy atom. The molecule has 1 saturated heterocycles. The third kappa shape index (κ3) is 4.03. The maximum Gasteiger partial charge on any atom is 0.125 e. The fraction of sp³-hybridized carbons (Fsp3) is 0.227. The number of nitrogens with zero attached hydrogens (tertiary/aromatic N) is 3. The van der Waals surface area contributed by atoms with E-state index in [-0.39, 0.29) is 0 Å². The lowest BCUT2D eigenvalue weighted by Crippen LogP contribution is -2.46. The van der Waals surface area contributed by atoms with E-state index in [1.165, 1.54) is 11.4 Å². The van der Waals surface area contributed by atoms with Gasteiger partial charge in [0, 0.05) is 48.0 Å². The van der Waals surface area contributed by atoms with Crippen LogP contribution in [0, 0.1) is 0 Å². The van der Waals surface area contributed by atoms with Gasteiger partial charge >= 0.3 is 0 Å². The molecule has 4 rings (SSSR count). The number of benzene rings is 2. The third-order valence-electron chi connectivity index (χ3n) is 4.98. The highest BCUT2D eigenvalue weighted by Crippen LogP contribution is 2.27. The van der Waals surface area contributed by atoms with E-state index in [1.807, 2.05) is 6.07 Å². The molecule has 1 aromatic heterocycles. The SMILES string of the molecule is CSc1cc(N)nc(-c2ccc(N3CCN(c4ccccc4)CC3)cc2)c1. The van der Waals surface area contributed by atoms with Crippen LogP contribution in [-0.4, -0.2) is 37.4 Å². The maximum atomic E-state index is 5.94. The minimum absolute atomic E-state index is 0.568. The first kappa shape index (κ1) is 17.7. The van der Waals surface area contributed by atoms with E-state index in [0.717, 1.165) is 42.3 Å². The van der Waals surface area contributed by atoms with Gasteiger partial charge in [-0.25, -0.2) is 4.98 Å². The monoisotopic (exact) mass is 376 g/mol. The molecule has 1 aliphatic heterocycles. The Bertz CT molecular complexity index is 888. The minimum atomic E-state index is 0.568. The molecule has 3 aromatic rings. The molecular weight excluding hydrogens is 352 g/mol. The number of nitrogens with two attached hydrogens (primary N) is 1. The fourth-order valence-electron chi connectivity index (χ4n) is 3.50. The van der Waals surface area contributed by atoms with E-state index in [9.17, 15) is 0 Å². The van der Waals surface area contributed by atoms with Gasteiger partial charge in [-0.3, -0.25) is 0 Å². The lowest BCUT2D eigenvalue weighted by Gasteiger charge is -2.37. The molecule has 0 amide bonds. The molecule has 27 heavy (non-hydrogen) atoms. The van der Waals surface area contributed by atoms with E-state index in [4.69, 9.17) is 5.73 Å². The molecule has 0 bridgehead atoms. The van der Waals surface area contributed by atoms with Gasteiger partial charge in [0.15, 0.2) is 0 Å². The standard InChI is InChI=1S/C22H24N4S/c1-27-20-15-21(24-22(23)16-20)17-7-9-19(10-8-17)26-13-11-25(12-14-26)18-5-3-2-4-6-18/h2-10,15-16H,11-14H2,1H3,(H2,23,24). The molecule has 0 radical (unpaired) electrons. The molecule has 2 heterocycles. The largest absolute Gasteiger partial charge is 0.384 e. The molecule has 5 heteroatoms. The van der Waals surface area contributed by atoms with Crippen molar-refractivity contribution in [2.24, 2.45) is 0 Å². The number of anilines is 3. The number of piperazine rings is 1. The smallest absolute Gasteiger partial charge is 0.125 e. The van der Waals surface area contributed by atoms with Crippen molar-refractivity contribution in [3.63, 3.8) is 0 Å². The summed E-state index contributed by atoms with van der Waals surface area (Å²) in [6, 6.07) is 23.3. The summed E-state index contributed by atoms with van der Waals surface area (Å²) < 4.78 is 0. The summed E-state index contributed by atoms with van der Waals surface area (Å²) in [6.45, 7) is 4.14. The second-order valence-electron chi connectivity index (χ2n) is 6.67. The van der Waals surface area contributed by atoms with Crippen molar-refractivity contribution in [2.75, 3.05) is 48.0 Å². The summed E-state index contributed by atoms with van der Waals surface area (Å²) in [5.41, 5.74) is 10.5. The molecule has 1 fully saturated rings. The molecule has 138 valence electrons. The van der Waals surface area contributed by atoms with Crippen LogP contribution in [0.3, 0.4) is 0 Å². The predicted molar refractivity (Wildman–Crippen MR) is 117 cm³/mol. The van der Waals surface area contributed by atoms with Crippen LogP contribution in [0.25, 0.3) is 11.3 Å². The molecule has 0 saturated carbocycles. The van der Waals surface area contributed by atoms with Crippen LogP contribution >= 0.6 is 11.8 Å². The van der Waals surface area contributed by atoms with Crippen molar-refractivity contribution in [1.82, 2.24) is 4.98 Å². The van der Waals surface area contributed by atoms with Crippen molar-refractivity contribution in [2.45, 2.75) is 4.90 Å². The zero-order valence-electron chi connectivity index (χ0n) is 15.5. The molecule has 0 aliphatic carbocycles. The van der Waals surface area contributed by atoms with Crippen LogP contribution in [0.1, 0.15) is 0 Å². The summed E-state index contributed by atoms with van der Waals surface area (Å²) >= 11 is 1.68. The number of para-hydroxylation sites is 1. The maximum absolute atomic E-state index is 5.94. The molecular formula is C22H24N4S. The van der Waals surface area contributed by atoms with Gasteiger partial charge in [-0.05, 0) is 42.7 Å². The van der Waals surface area contributed by atoms with E-state index in [1.54, 1.807) is 11.8 Å². The van der Waals surface area contributed by atoms with Crippen LogP contribution < -0.4 is 15.5 Å². The first-order valence-electron chi connectivity index (χ1n) is 9.20. The highest BCUT2D eigenvalue weighted by molar-refractivity contribution is 7.98. The Balaban J connectivity index is 1.45. The Hall–Kier alpha value is -2.66. The van der Waals surface area contributed by atoms with Crippen LogP contribution in [0.15, 0.2) is 71.6 Å². The number of hydrogen-bond acceptors (Lipinski definition) is 5. The Labute approximate surface area is 165 Å². The summed E-state index contributed by atoms with van der Waals surface area (Å²) in [5.74, 6) is 0.568.